The molecular formula is C16H24N2O3. The van der Waals surface area contributed by atoms with E-state index in [4.69, 9.17) is 4.74 Å². The lowest BCUT2D eigenvalue weighted by Crippen LogP contribution is -2.43. The van der Waals surface area contributed by atoms with Crippen molar-refractivity contribution >= 4 is 5.97 Å². The predicted octanol–water partition coefficient (Wildman–Crippen LogP) is 1.72. The molecule has 1 aliphatic heterocycles. The fourth-order valence-corrected chi connectivity index (χ4v) is 2.56. The highest BCUT2D eigenvalue weighted by molar-refractivity contribution is 5.73. The summed E-state index contributed by atoms with van der Waals surface area (Å²) in [4.78, 5) is 13.5. The van der Waals surface area contributed by atoms with Gasteiger partial charge in [0.05, 0.1) is 0 Å². The summed E-state index contributed by atoms with van der Waals surface area (Å²) < 4.78 is 5.72. The van der Waals surface area contributed by atoms with Crippen LogP contribution in [0.25, 0.3) is 0 Å². The van der Waals surface area contributed by atoms with Crippen molar-refractivity contribution in [1.82, 2.24) is 10.2 Å². The molecule has 0 aliphatic carbocycles. The first kappa shape index (κ1) is 15.8. The van der Waals surface area contributed by atoms with Gasteiger partial charge in [-0.05, 0) is 12.5 Å². The number of benzene rings is 1. The van der Waals surface area contributed by atoms with Crippen LogP contribution in [0.4, 0.5) is 0 Å². The highest BCUT2D eigenvalue weighted by Crippen LogP contribution is 2.22. The number of fused-ring (bicyclic) bond motifs is 1. The largest absolute Gasteiger partial charge is 0.492 e. The van der Waals surface area contributed by atoms with Gasteiger partial charge >= 0.3 is 5.97 Å². The molecule has 0 bridgehead atoms. The Balaban J connectivity index is 1.92. The second-order valence-corrected chi connectivity index (χ2v) is 5.73. The molecule has 1 aliphatic rings. The maximum atomic E-state index is 11.3. The zero-order valence-corrected chi connectivity index (χ0v) is 12.7. The van der Waals surface area contributed by atoms with Gasteiger partial charge in [0.25, 0.3) is 0 Å². The number of hydrogen-bond acceptors (Lipinski definition) is 4. The summed E-state index contributed by atoms with van der Waals surface area (Å²) in [5, 5.41) is 12.4. The van der Waals surface area contributed by atoms with Crippen LogP contribution in [0, 0.1) is 0 Å². The van der Waals surface area contributed by atoms with Gasteiger partial charge in [0, 0.05) is 31.2 Å². The summed E-state index contributed by atoms with van der Waals surface area (Å²) in [6.45, 7) is 6.95. The topological polar surface area (TPSA) is 61.8 Å². The SMILES string of the molecule is CC(C)NC(CCN1CCOc2ccccc2C1)C(=O)O. The van der Waals surface area contributed by atoms with E-state index in [1.807, 2.05) is 32.0 Å². The van der Waals surface area contributed by atoms with Crippen LogP contribution in [-0.2, 0) is 11.3 Å². The van der Waals surface area contributed by atoms with Crippen LogP contribution in [0.3, 0.4) is 0 Å². The fraction of sp³-hybridized carbons (Fsp3) is 0.562. The molecule has 1 aromatic rings. The zero-order chi connectivity index (χ0) is 15.2. The number of para-hydroxylation sites is 1. The summed E-state index contributed by atoms with van der Waals surface area (Å²) in [7, 11) is 0. The number of rotatable bonds is 6. The number of ether oxygens (including phenoxy) is 1. The number of carboxylic acid groups (broad SMARTS) is 1. The standard InChI is InChI=1S/C16H24N2O3/c1-12(2)17-14(16(19)20)7-8-18-9-10-21-15-6-4-3-5-13(15)11-18/h3-6,12,14,17H,7-11H2,1-2H3,(H,19,20). The fourth-order valence-electron chi connectivity index (χ4n) is 2.56. The molecule has 0 saturated heterocycles. The first-order valence-corrected chi connectivity index (χ1v) is 7.48. The molecule has 0 amide bonds. The van der Waals surface area contributed by atoms with E-state index in [1.54, 1.807) is 0 Å². The Labute approximate surface area is 125 Å². The molecule has 0 fully saturated rings. The molecular weight excluding hydrogens is 268 g/mol. The number of aliphatic carboxylic acids is 1. The monoisotopic (exact) mass is 292 g/mol. The van der Waals surface area contributed by atoms with Gasteiger partial charge in [-0.1, -0.05) is 32.0 Å². The normalized spacial score (nSPS) is 16.9. The second kappa shape index (κ2) is 7.43. The van der Waals surface area contributed by atoms with Gasteiger partial charge in [-0.3, -0.25) is 9.69 Å². The van der Waals surface area contributed by atoms with Crippen LogP contribution in [0.15, 0.2) is 24.3 Å². The number of hydrogen-bond donors (Lipinski definition) is 2. The molecule has 2 N–H and O–H groups in total. The average Bonchev–Trinajstić information content (AvgIpc) is 2.64. The number of nitrogens with one attached hydrogen (secondary N) is 1. The molecule has 2 rings (SSSR count). The van der Waals surface area contributed by atoms with Gasteiger partial charge in [0.15, 0.2) is 0 Å². The highest BCUT2D eigenvalue weighted by Gasteiger charge is 2.21. The summed E-state index contributed by atoms with van der Waals surface area (Å²) in [6.07, 6.45) is 0.593. The Kier molecular flexibility index (Phi) is 5.59. The van der Waals surface area contributed by atoms with Gasteiger partial charge in [-0.25, -0.2) is 0 Å². The van der Waals surface area contributed by atoms with Gasteiger partial charge in [0.1, 0.15) is 18.4 Å². The Hall–Kier alpha value is -1.59. The molecule has 1 heterocycles. The van der Waals surface area contributed by atoms with Crippen LogP contribution in [0.5, 0.6) is 5.75 Å². The molecule has 0 saturated carbocycles. The van der Waals surface area contributed by atoms with Crippen molar-refractivity contribution < 1.29 is 14.6 Å². The first-order valence-electron chi connectivity index (χ1n) is 7.48. The predicted molar refractivity (Wildman–Crippen MR) is 81.5 cm³/mol. The minimum Gasteiger partial charge on any atom is -0.492 e. The van der Waals surface area contributed by atoms with Crippen molar-refractivity contribution in [2.75, 3.05) is 19.7 Å². The van der Waals surface area contributed by atoms with Crippen LogP contribution < -0.4 is 10.1 Å². The maximum absolute atomic E-state index is 11.3. The lowest BCUT2D eigenvalue weighted by Gasteiger charge is -2.23. The molecule has 5 heteroatoms. The van der Waals surface area contributed by atoms with E-state index >= 15 is 0 Å². The maximum Gasteiger partial charge on any atom is 0.320 e. The van der Waals surface area contributed by atoms with E-state index in [0.29, 0.717) is 13.0 Å². The summed E-state index contributed by atoms with van der Waals surface area (Å²) in [5.74, 6) is 0.158. The number of nitrogens with zero attached hydrogens (tertiary/aromatic N) is 1. The van der Waals surface area contributed by atoms with E-state index in [9.17, 15) is 9.90 Å². The molecule has 1 unspecified atom stereocenters. The van der Waals surface area contributed by atoms with Crippen LogP contribution >= 0.6 is 0 Å². The number of carboxylic acids is 1. The van der Waals surface area contributed by atoms with E-state index in [2.05, 4.69) is 16.3 Å². The second-order valence-electron chi connectivity index (χ2n) is 5.73. The third kappa shape index (κ3) is 4.72. The van der Waals surface area contributed by atoms with Gasteiger partial charge in [-0.2, -0.15) is 0 Å². The van der Waals surface area contributed by atoms with Crippen LogP contribution in [-0.4, -0.2) is 47.8 Å². The Morgan fingerprint density at radius 1 is 1.43 bits per heavy atom. The molecule has 5 nitrogen and oxygen atoms in total. The highest BCUT2D eigenvalue weighted by atomic mass is 16.5. The Morgan fingerprint density at radius 3 is 2.90 bits per heavy atom. The summed E-state index contributed by atoms with van der Waals surface area (Å²) in [6, 6.07) is 7.70. The smallest absolute Gasteiger partial charge is 0.320 e. The molecule has 0 radical (unpaired) electrons. The van der Waals surface area contributed by atoms with Gasteiger partial charge in [-0.15, -0.1) is 0 Å². The zero-order valence-electron chi connectivity index (χ0n) is 12.7. The van der Waals surface area contributed by atoms with E-state index in [-0.39, 0.29) is 6.04 Å². The lowest BCUT2D eigenvalue weighted by atomic mass is 10.1. The van der Waals surface area contributed by atoms with Crippen molar-refractivity contribution in [1.29, 1.82) is 0 Å². The quantitative estimate of drug-likeness (QED) is 0.836. The van der Waals surface area contributed by atoms with Crippen molar-refractivity contribution in [3.8, 4) is 5.75 Å². The molecule has 0 aromatic heterocycles. The molecule has 1 aromatic carbocycles. The van der Waals surface area contributed by atoms with Crippen LogP contribution in [0.2, 0.25) is 0 Å². The van der Waals surface area contributed by atoms with Crippen molar-refractivity contribution in [2.24, 2.45) is 0 Å². The first-order chi connectivity index (χ1) is 10.1. The minimum atomic E-state index is -0.782. The molecule has 116 valence electrons. The van der Waals surface area contributed by atoms with E-state index in [1.165, 1.54) is 5.56 Å². The van der Waals surface area contributed by atoms with Crippen molar-refractivity contribution in [3.05, 3.63) is 29.8 Å². The molecule has 1 atom stereocenters. The van der Waals surface area contributed by atoms with Gasteiger partial charge in [0.2, 0.25) is 0 Å². The van der Waals surface area contributed by atoms with Gasteiger partial charge < -0.3 is 15.2 Å². The average molecular weight is 292 g/mol. The minimum absolute atomic E-state index is 0.166. The molecule has 0 spiro atoms. The van der Waals surface area contributed by atoms with Crippen molar-refractivity contribution in [2.45, 2.75) is 38.9 Å². The van der Waals surface area contributed by atoms with Crippen LogP contribution in [0.1, 0.15) is 25.8 Å². The Bertz CT molecular complexity index is 476. The third-order valence-corrected chi connectivity index (χ3v) is 3.60. The van der Waals surface area contributed by atoms with E-state index in [0.717, 1.165) is 25.4 Å². The number of carbonyl (C=O) groups is 1. The Morgan fingerprint density at radius 2 is 2.19 bits per heavy atom. The summed E-state index contributed by atoms with van der Waals surface area (Å²) in [5.41, 5.74) is 1.17. The lowest BCUT2D eigenvalue weighted by molar-refractivity contribution is -0.140. The third-order valence-electron chi connectivity index (χ3n) is 3.60. The van der Waals surface area contributed by atoms with Crippen molar-refractivity contribution in [3.63, 3.8) is 0 Å². The molecule has 21 heavy (non-hydrogen) atoms. The summed E-state index contributed by atoms with van der Waals surface area (Å²) >= 11 is 0. The van der Waals surface area contributed by atoms with E-state index < -0.39 is 12.0 Å².